The summed E-state index contributed by atoms with van der Waals surface area (Å²) in [5, 5.41) is 2.08. The van der Waals surface area contributed by atoms with Gasteiger partial charge in [0.25, 0.3) is 5.92 Å². The van der Waals surface area contributed by atoms with Crippen molar-refractivity contribution >= 4 is 15.7 Å². The normalized spacial score (nSPS) is 24.8. The highest BCUT2D eigenvalue weighted by atomic mass is 32.2. The smallest absolute Gasteiger partial charge is 0.341 e. The van der Waals surface area contributed by atoms with Gasteiger partial charge in [0.05, 0.1) is 22.3 Å². The van der Waals surface area contributed by atoms with E-state index in [1.807, 2.05) is 0 Å². The van der Waals surface area contributed by atoms with Crippen molar-refractivity contribution in [1.82, 2.24) is 10.2 Å². The second-order valence-corrected chi connectivity index (χ2v) is 9.71. The van der Waals surface area contributed by atoms with E-state index in [0.29, 0.717) is 6.07 Å². The molecule has 0 radical (unpaired) electrons. The second-order valence-electron chi connectivity index (χ2n) is 7.48. The van der Waals surface area contributed by atoms with Crippen LogP contribution in [0.5, 0.6) is 0 Å². The monoisotopic (exact) mass is 440 g/mol. The highest BCUT2D eigenvalue weighted by Gasteiger charge is 2.41. The van der Waals surface area contributed by atoms with Crippen LogP contribution in [0.25, 0.3) is 0 Å². The molecule has 3 rings (SSSR count). The zero-order valence-corrected chi connectivity index (χ0v) is 16.2. The van der Waals surface area contributed by atoms with Crippen molar-refractivity contribution in [3.63, 3.8) is 0 Å². The number of piperidine rings is 1. The average molecular weight is 440 g/mol. The van der Waals surface area contributed by atoms with Crippen molar-refractivity contribution < 1.29 is 35.2 Å². The van der Waals surface area contributed by atoms with Gasteiger partial charge < -0.3 is 10.2 Å². The molecule has 1 saturated heterocycles. The molecule has 1 heterocycles. The molecule has 1 aliphatic heterocycles. The van der Waals surface area contributed by atoms with Crippen LogP contribution >= 0.6 is 0 Å². The standard InChI is InChI=1S/C18H21F5N2O3S/c19-17(20)4-6-25(7-5-17)16(26)11-24-13-9-15(10-13)29(27,28)14-3-1-2-12(8-14)18(21,22)23/h1-3,8,13,15,24H,4-7,9-11H2. The summed E-state index contributed by atoms with van der Waals surface area (Å²) in [6, 6.07) is 3.37. The van der Waals surface area contributed by atoms with Crippen molar-refractivity contribution in [3.05, 3.63) is 29.8 Å². The van der Waals surface area contributed by atoms with Gasteiger partial charge in [0.1, 0.15) is 0 Å². The number of carbonyl (C=O) groups is 1. The first kappa shape index (κ1) is 21.9. The van der Waals surface area contributed by atoms with E-state index in [2.05, 4.69) is 5.32 Å². The predicted molar refractivity (Wildman–Crippen MR) is 94.2 cm³/mol. The van der Waals surface area contributed by atoms with Crippen LogP contribution in [-0.4, -0.2) is 56.1 Å². The van der Waals surface area contributed by atoms with Crippen LogP contribution in [0.3, 0.4) is 0 Å². The van der Waals surface area contributed by atoms with E-state index in [4.69, 9.17) is 0 Å². The number of nitrogens with one attached hydrogen (secondary N) is 1. The summed E-state index contributed by atoms with van der Waals surface area (Å²) in [6.07, 6.45) is -5.04. The quantitative estimate of drug-likeness (QED) is 0.716. The number of hydrogen-bond donors (Lipinski definition) is 1. The van der Waals surface area contributed by atoms with Gasteiger partial charge in [-0.1, -0.05) is 6.07 Å². The number of alkyl halides is 5. The van der Waals surface area contributed by atoms with Crippen LogP contribution < -0.4 is 5.32 Å². The van der Waals surface area contributed by atoms with Crippen LogP contribution in [-0.2, 0) is 20.8 Å². The molecular weight excluding hydrogens is 419 g/mol. The van der Waals surface area contributed by atoms with E-state index >= 15 is 0 Å². The largest absolute Gasteiger partial charge is 0.416 e. The van der Waals surface area contributed by atoms with E-state index in [9.17, 15) is 35.2 Å². The highest BCUT2D eigenvalue weighted by molar-refractivity contribution is 7.92. The molecule has 1 amide bonds. The number of sulfone groups is 1. The van der Waals surface area contributed by atoms with Gasteiger partial charge in [-0.05, 0) is 31.0 Å². The average Bonchev–Trinajstić information content (AvgIpc) is 2.59. The molecule has 1 N–H and O–H groups in total. The minimum Gasteiger partial charge on any atom is -0.341 e. The summed E-state index contributed by atoms with van der Waals surface area (Å²) >= 11 is 0. The molecule has 29 heavy (non-hydrogen) atoms. The maximum atomic E-state index is 13.1. The molecule has 0 unspecified atom stereocenters. The number of hydrogen-bond acceptors (Lipinski definition) is 4. The number of halogens is 5. The molecule has 0 bridgehead atoms. The lowest BCUT2D eigenvalue weighted by Gasteiger charge is -2.36. The molecule has 0 aromatic heterocycles. The third-order valence-corrected chi connectivity index (χ3v) is 7.59. The van der Waals surface area contributed by atoms with E-state index in [0.717, 1.165) is 18.2 Å². The zero-order chi connectivity index (χ0) is 21.4. The zero-order valence-electron chi connectivity index (χ0n) is 15.4. The Morgan fingerprint density at radius 1 is 1.17 bits per heavy atom. The molecular formula is C18H21F5N2O3S. The van der Waals surface area contributed by atoms with Gasteiger partial charge in [-0.25, -0.2) is 17.2 Å². The first-order valence-electron chi connectivity index (χ1n) is 9.19. The van der Waals surface area contributed by atoms with Crippen LogP contribution in [0.15, 0.2) is 29.2 Å². The lowest BCUT2D eigenvalue weighted by atomic mass is 9.92. The van der Waals surface area contributed by atoms with E-state index in [1.54, 1.807) is 0 Å². The molecule has 1 aromatic carbocycles. The predicted octanol–water partition coefficient (Wildman–Crippen LogP) is 2.86. The Bertz CT molecular complexity index is 856. The molecule has 1 saturated carbocycles. The number of carbonyl (C=O) groups excluding carboxylic acids is 1. The SMILES string of the molecule is O=C(CNC1CC(S(=O)(=O)c2cccc(C(F)(F)F)c2)C1)N1CCC(F)(F)CC1. The van der Waals surface area contributed by atoms with Crippen LogP contribution in [0, 0.1) is 0 Å². The van der Waals surface area contributed by atoms with Crippen LogP contribution in [0.2, 0.25) is 0 Å². The maximum absolute atomic E-state index is 13.1. The number of amides is 1. The van der Waals surface area contributed by atoms with Crippen LogP contribution in [0.4, 0.5) is 22.0 Å². The van der Waals surface area contributed by atoms with Crippen molar-refractivity contribution in [2.45, 2.75) is 54.0 Å². The van der Waals surface area contributed by atoms with Gasteiger partial charge in [-0.15, -0.1) is 0 Å². The third-order valence-electron chi connectivity index (χ3n) is 5.41. The van der Waals surface area contributed by atoms with Crippen molar-refractivity contribution in [2.24, 2.45) is 0 Å². The molecule has 2 aliphatic rings. The fraction of sp³-hybridized carbons (Fsp3) is 0.611. The van der Waals surface area contributed by atoms with Crippen molar-refractivity contribution in [3.8, 4) is 0 Å². The molecule has 1 aliphatic carbocycles. The Balaban J connectivity index is 1.50. The third kappa shape index (κ3) is 5.06. The molecule has 162 valence electrons. The minimum absolute atomic E-state index is 0.0231. The lowest BCUT2D eigenvalue weighted by Crippen LogP contribution is -2.52. The Kier molecular flexibility index (Phi) is 5.92. The summed E-state index contributed by atoms with van der Waals surface area (Å²) in [7, 11) is -3.91. The van der Waals surface area contributed by atoms with Gasteiger partial charge in [0.2, 0.25) is 5.91 Å². The topological polar surface area (TPSA) is 66.5 Å². The first-order valence-corrected chi connectivity index (χ1v) is 10.7. The molecule has 2 fully saturated rings. The molecule has 11 heteroatoms. The molecule has 0 atom stereocenters. The fourth-order valence-electron chi connectivity index (χ4n) is 3.45. The Hall–Kier alpha value is -1.75. The molecule has 0 spiro atoms. The summed E-state index contributed by atoms with van der Waals surface area (Å²) in [5.74, 6) is -3.08. The van der Waals surface area contributed by atoms with Crippen molar-refractivity contribution in [1.29, 1.82) is 0 Å². The van der Waals surface area contributed by atoms with Gasteiger partial charge in [-0.2, -0.15) is 13.2 Å². The molecule has 5 nitrogen and oxygen atoms in total. The van der Waals surface area contributed by atoms with E-state index in [1.165, 1.54) is 4.90 Å². The summed E-state index contributed by atoms with van der Waals surface area (Å²) in [6.45, 7) is -0.137. The van der Waals surface area contributed by atoms with Gasteiger partial charge >= 0.3 is 6.18 Å². The van der Waals surface area contributed by atoms with Gasteiger partial charge in [0.15, 0.2) is 9.84 Å². The van der Waals surface area contributed by atoms with Gasteiger partial charge in [-0.3, -0.25) is 4.79 Å². The fourth-order valence-corrected chi connectivity index (χ4v) is 5.37. The summed E-state index contributed by atoms with van der Waals surface area (Å²) in [5.41, 5.74) is -1.02. The number of benzene rings is 1. The minimum atomic E-state index is -4.63. The molecule has 1 aromatic rings. The summed E-state index contributed by atoms with van der Waals surface area (Å²) < 4.78 is 89.8. The van der Waals surface area contributed by atoms with Crippen LogP contribution in [0.1, 0.15) is 31.2 Å². The number of nitrogens with zero attached hydrogens (tertiary/aromatic N) is 1. The van der Waals surface area contributed by atoms with Crippen molar-refractivity contribution in [2.75, 3.05) is 19.6 Å². The number of likely N-dealkylation sites (tertiary alicyclic amines) is 1. The maximum Gasteiger partial charge on any atom is 0.416 e. The lowest BCUT2D eigenvalue weighted by molar-refractivity contribution is -0.138. The Labute approximate surface area is 165 Å². The first-order chi connectivity index (χ1) is 13.4. The Morgan fingerprint density at radius 3 is 2.38 bits per heavy atom. The van der Waals surface area contributed by atoms with Gasteiger partial charge in [0, 0.05) is 32.0 Å². The van der Waals surface area contributed by atoms with E-state index in [-0.39, 0.29) is 62.2 Å². The Morgan fingerprint density at radius 2 is 1.79 bits per heavy atom. The highest BCUT2D eigenvalue weighted by Crippen LogP contribution is 2.35. The second kappa shape index (κ2) is 7.82. The summed E-state index contributed by atoms with van der Waals surface area (Å²) in [4.78, 5) is 13.1. The van der Waals surface area contributed by atoms with E-state index < -0.39 is 32.7 Å². The number of rotatable bonds is 5.